The number of fused-ring (bicyclic) bond motifs is 1. The van der Waals surface area contributed by atoms with E-state index in [-0.39, 0.29) is 31.1 Å². The second kappa shape index (κ2) is 8.80. The van der Waals surface area contributed by atoms with Gasteiger partial charge in [-0.1, -0.05) is 0 Å². The lowest BCUT2D eigenvalue weighted by molar-refractivity contribution is -1.02. The Morgan fingerprint density at radius 1 is 1.00 bits per heavy atom. The number of piperazine rings is 1. The molecular formula is C24H29N3O5+2. The molecule has 3 aliphatic heterocycles. The maximum absolute atomic E-state index is 13.1. The predicted molar refractivity (Wildman–Crippen MR) is 116 cm³/mol. The standard InChI is InChI=1S/C24H27N3O5/c1-2-30-19-6-4-18(5-7-19)27-23(28)14-20(24(27)29)26-11-9-25(10-12-26)15-17-3-8-21-22(13-17)32-16-31-21/h3-8,13,20H,2,9-12,14-16H2,1H3/p+2/t20-/m1/s1. The third-order valence-corrected chi connectivity index (χ3v) is 6.54. The van der Waals surface area contributed by atoms with Crippen molar-refractivity contribution in [2.24, 2.45) is 0 Å². The number of benzene rings is 2. The summed E-state index contributed by atoms with van der Waals surface area (Å²) in [5.41, 5.74) is 1.85. The molecule has 3 heterocycles. The van der Waals surface area contributed by atoms with E-state index in [1.165, 1.54) is 20.3 Å². The summed E-state index contributed by atoms with van der Waals surface area (Å²) in [5.74, 6) is 2.15. The van der Waals surface area contributed by atoms with Gasteiger partial charge in [-0.2, -0.15) is 0 Å². The minimum Gasteiger partial charge on any atom is -0.494 e. The summed E-state index contributed by atoms with van der Waals surface area (Å²) in [6.45, 7) is 7.38. The number of nitrogens with zero attached hydrogens (tertiary/aromatic N) is 1. The van der Waals surface area contributed by atoms with Crippen LogP contribution in [-0.2, 0) is 16.1 Å². The molecular weight excluding hydrogens is 410 g/mol. The summed E-state index contributed by atoms with van der Waals surface area (Å²) >= 11 is 0. The van der Waals surface area contributed by atoms with Crippen molar-refractivity contribution in [2.75, 3.05) is 44.5 Å². The average molecular weight is 440 g/mol. The minimum atomic E-state index is -0.291. The Kier molecular flexibility index (Phi) is 5.71. The van der Waals surface area contributed by atoms with Crippen molar-refractivity contribution in [1.29, 1.82) is 0 Å². The van der Waals surface area contributed by atoms with Crippen LogP contribution in [0.25, 0.3) is 0 Å². The monoisotopic (exact) mass is 439 g/mol. The van der Waals surface area contributed by atoms with E-state index >= 15 is 0 Å². The molecule has 0 bridgehead atoms. The molecule has 0 radical (unpaired) electrons. The zero-order chi connectivity index (χ0) is 22.1. The number of imide groups is 1. The van der Waals surface area contributed by atoms with Gasteiger partial charge in [0.1, 0.15) is 38.5 Å². The van der Waals surface area contributed by atoms with Crippen molar-refractivity contribution in [3.05, 3.63) is 48.0 Å². The molecule has 32 heavy (non-hydrogen) atoms. The highest BCUT2D eigenvalue weighted by atomic mass is 16.7. The lowest BCUT2D eigenvalue weighted by Crippen LogP contribution is -3.29. The topological polar surface area (TPSA) is 73.9 Å². The highest BCUT2D eigenvalue weighted by Gasteiger charge is 2.47. The molecule has 0 aromatic heterocycles. The third kappa shape index (κ3) is 4.03. The summed E-state index contributed by atoms with van der Waals surface area (Å²) in [7, 11) is 0. The zero-order valence-corrected chi connectivity index (χ0v) is 18.3. The maximum Gasteiger partial charge on any atom is 0.292 e. The van der Waals surface area contributed by atoms with E-state index in [0.717, 1.165) is 50.0 Å². The van der Waals surface area contributed by atoms with Crippen LogP contribution >= 0.6 is 0 Å². The number of hydrogen-bond donors (Lipinski definition) is 2. The highest BCUT2D eigenvalue weighted by Crippen LogP contribution is 2.32. The maximum atomic E-state index is 13.1. The average Bonchev–Trinajstić information content (AvgIpc) is 3.39. The van der Waals surface area contributed by atoms with Crippen molar-refractivity contribution in [1.82, 2.24) is 0 Å². The van der Waals surface area contributed by atoms with Gasteiger partial charge in [0.05, 0.1) is 18.7 Å². The molecule has 1 atom stereocenters. The molecule has 2 amide bonds. The number of rotatable bonds is 6. The molecule has 2 aromatic carbocycles. The predicted octanol–water partition coefficient (Wildman–Crippen LogP) is -0.570. The SMILES string of the molecule is CCOc1ccc(N2C(=O)C[C@@H]([NH+]3CC[NH+](Cc4ccc5c(c4)OCO5)CC3)C2=O)cc1. The molecule has 0 spiro atoms. The Balaban J connectivity index is 1.18. The normalized spacial score (nSPS) is 24.8. The van der Waals surface area contributed by atoms with E-state index in [4.69, 9.17) is 14.2 Å². The van der Waals surface area contributed by atoms with Gasteiger partial charge in [-0.3, -0.25) is 9.59 Å². The lowest BCUT2D eigenvalue weighted by Gasteiger charge is -2.32. The van der Waals surface area contributed by atoms with Gasteiger partial charge < -0.3 is 24.0 Å². The second-order valence-electron chi connectivity index (χ2n) is 8.52. The third-order valence-electron chi connectivity index (χ3n) is 6.54. The molecule has 0 aliphatic carbocycles. The van der Waals surface area contributed by atoms with Crippen LogP contribution in [0.2, 0.25) is 0 Å². The molecule has 2 fully saturated rings. The van der Waals surface area contributed by atoms with E-state index in [9.17, 15) is 9.59 Å². The largest absolute Gasteiger partial charge is 0.494 e. The molecule has 8 nitrogen and oxygen atoms in total. The first kappa shape index (κ1) is 20.8. The first-order valence-electron chi connectivity index (χ1n) is 11.3. The van der Waals surface area contributed by atoms with Crippen molar-refractivity contribution < 1.29 is 33.6 Å². The van der Waals surface area contributed by atoms with Crippen LogP contribution in [0.3, 0.4) is 0 Å². The molecule has 3 aliphatic rings. The number of ether oxygens (including phenoxy) is 3. The summed E-state index contributed by atoms with van der Waals surface area (Å²) < 4.78 is 16.3. The van der Waals surface area contributed by atoms with Gasteiger partial charge in [0.25, 0.3) is 5.91 Å². The molecule has 2 aromatic rings. The van der Waals surface area contributed by atoms with Crippen LogP contribution in [-0.4, -0.2) is 57.4 Å². The number of amides is 2. The number of carbonyl (C=O) groups excluding carboxylic acids is 2. The number of nitrogens with one attached hydrogen (secondary N) is 2. The quantitative estimate of drug-likeness (QED) is 0.590. The van der Waals surface area contributed by atoms with Gasteiger partial charge in [-0.15, -0.1) is 0 Å². The Morgan fingerprint density at radius 2 is 1.75 bits per heavy atom. The fourth-order valence-electron chi connectivity index (χ4n) is 4.87. The molecule has 2 N–H and O–H groups in total. The second-order valence-corrected chi connectivity index (χ2v) is 8.52. The van der Waals surface area contributed by atoms with Gasteiger partial charge in [-0.25, -0.2) is 4.90 Å². The zero-order valence-electron chi connectivity index (χ0n) is 18.3. The minimum absolute atomic E-state index is 0.0895. The Hall–Kier alpha value is -3.10. The van der Waals surface area contributed by atoms with E-state index in [2.05, 4.69) is 12.1 Å². The summed E-state index contributed by atoms with van der Waals surface area (Å²) in [5, 5.41) is 0. The van der Waals surface area contributed by atoms with Crippen LogP contribution < -0.4 is 28.9 Å². The molecule has 2 saturated heterocycles. The first-order valence-corrected chi connectivity index (χ1v) is 11.3. The van der Waals surface area contributed by atoms with Gasteiger partial charge in [-0.05, 0) is 49.4 Å². The molecule has 5 rings (SSSR count). The van der Waals surface area contributed by atoms with Crippen LogP contribution in [0.5, 0.6) is 17.2 Å². The number of carbonyl (C=O) groups is 2. The van der Waals surface area contributed by atoms with Gasteiger partial charge in [0, 0.05) is 5.56 Å². The van der Waals surface area contributed by atoms with Crippen molar-refractivity contribution in [3.8, 4) is 17.2 Å². The molecule has 168 valence electrons. The molecule has 0 saturated carbocycles. The summed E-state index contributed by atoms with van der Waals surface area (Å²) in [6.07, 6.45) is 0.277. The highest BCUT2D eigenvalue weighted by molar-refractivity contribution is 6.21. The first-order chi connectivity index (χ1) is 15.6. The van der Waals surface area contributed by atoms with Crippen molar-refractivity contribution >= 4 is 17.5 Å². The summed E-state index contributed by atoms with van der Waals surface area (Å²) in [6, 6.07) is 13.0. The van der Waals surface area contributed by atoms with Gasteiger partial charge in [0.2, 0.25) is 12.7 Å². The van der Waals surface area contributed by atoms with E-state index < -0.39 is 0 Å². The Labute approximate surface area is 187 Å². The van der Waals surface area contributed by atoms with Crippen LogP contribution in [0, 0.1) is 0 Å². The van der Waals surface area contributed by atoms with Crippen LogP contribution in [0.15, 0.2) is 42.5 Å². The fourth-order valence-corrected chi connectivity index (χ4v) is 4.87. The number of quaternary nitrogens is 2. The lowest BCUT2D eigenvalue weighted by atomic mass is 10.1. The summed E-state index contributed by atoms with van der Waals surface area (Å²) in [4.78, 5) is 29.8. The van der Waals surface area contributed by atoms with Crippen molar-refractivity contribution in [2.45, 2.75) is 25.9 Å². The van der Waals surface area contributed by atoms with E-state index in [0.29, 0.717) is 12.3 Å². The van der Waals surface area contributed by atoms with Gasteiger partial charge >= 0.3 is 0 Å². The molecule has 0 unspecified atom stereocenters. The van der Waals surface area contributed by atoms with Crippen LogP contribution in [0.1, 0.15) is 18.9 Å². The Bertz CT molecular complexity index is 1000. The van der Waals surface area contributed by atoms with E-state index in [1.807, 2.05) is 13.0 Å². The van der Waals surface area contributed by atoms with Crippen molar-refractivity contribution in [3.63, 3.8) is 0 Å². The Morgan fingerprint density at radius 3 is 2.50 bits per heavy atom. The fraction of sp³-hybridized carbons (Fsp3) is 0.417. The smallest absolute Gasteiger partial charge is 0.292 e. The van der Waals surface area contributed by atoms with E-state index in [1.54, 1.807) is 24.3 Å². The van der Waals surface area contributed by atoms with Crippen LogP contribution in [0.4, 0.5) is 5.69 Å². The van der Waals surface area contributed by atoms with Gasteiger partial charge in [0.15, 0.2) is 17.5 Å². The number of hydrogen-bond acceptors (Lipinski definition) is 5. The molecule has 8 heteroatoms. The number of anilines is 1.